The van der Waals surface area contributed by atoms with Crippen molar-refractivity contribution in [2.75, 3.05) is 6.61 Å². The van der Waals surface area contributed by atoms with E-state index in [1.165, 1.54) is 44.9 Å². The lowest BCUT2D eigenvalue weighted by Gasteiger charge is -2.12. The fourth-order valence-electron chi connectivity index (χ4n) is 2.16. The van der Waals surface area contributed by atoms with E-state index in [9.17, 15) is 0 Å². The monoisotopic (exact) mass is 225 g/mol. The molecule has 1 heterocycles. The molecule has 1 atom stereocenters. The van der Waals surface area contributed by atoms with Gasteiger partial charge in [0.15, 0.2) is 0 Å². The Morgan fingerprint density at radius 2 is 1.88 bits per heavy atom. The van der Waals surface area contributed by atoms with Gasteiger partial charge in [0, 0.05) is 6.42 Å². The first-order valence-electron chi connectivity index (χ1n) is 6.93. The van der Waals surface area contributed by atoms with Gasteiger partial charge in [0.25, 0.3) is 0 Å². The Kier molecular flexibility index (Phi) is 7.32. The normalized spacial score (nSPS) is 17.0. The van der Waals surface area contributed by atoms with Gasteiger partial charge in [-0.05, 0) is 12.5 Å². The first-order valence-corrected chi connectivity index (χ1v) is 6.93. The molecule has 1 aliphatic heterocycles. The summed E-state index contributed by atoms with van der Waals surface area (Å²) in [6, 6.07) is 0.151. The SMILES string of the molecule is CCCCCCCCCC(N)C1=CCCO1. The lowest BCUT2D eigenvalue weighted by atomic mass is 10.0. The van der Waals surface area contributed by atoms with Crippen LogP contribution in [0.2, 0.25) is 0 Å². The highest BCUT2D eigenvalue weighted by atomic mass is 16.5. The molecule has 0 aromatic heterocycles. The van der Waals surface area contributed by atoms with Crippen LogP contribution < -0.4 is 5.73 Å². The molecule has 0 radical (unpaired) electrons. The van der Waals surface area contributed by atoms with Gasteiger partial charge in [-0.3, -0.25) is 0 Å². The second kappa shape index (κ2) is 8.63. The summed E-state index contributed by atoms with van der Waals surface area (Å²) in [5.41, 5.74) is 6.05. The van der Waals surface area contributed by atoms with Crippen LogP contribution in [0.5, 0.6) is 0 Å². The zero-order valence-corrected chi connectivity index (χ0v) is 10.7. The van der Waals surface area contributed by atoms with Gasteiger partial charge in [-0.1, -0.05) is 51.9 Å². The number of rotatable bonds is 9. The smallest absolute Gasteiger partial charge is 0.109 e. The highest BCUT2D eigenvalue weighted by molar-refractivity contribution is 5.05. The Hall–Kier alpha value is -0.500. The molecule has 0 saturated carbocycles. The van der Waals surface area contributed by atoms with Crippen LogP contribution >= 0.6 is 0 Å². The van der Waals surface area contributed by atoms with Gasteiger partial charge in [-0.15, -0.1) is 0 Å². The molecule has 2 heteroatoms. The van der Waals surface area contributed by atoms with Crippen LogP contribution in [0.4, 0.5) is 0 Å². The average Bonchev–Trinajstić information content (AvgIpc) is 2.81. The Balaban J connectivity index is 1.90. The van der Waals surface area contributed by atoms with Gasteiger partial charge in [0.2, 0.25) is 0 Å². The first-order chi connectivity index (χ1) is 7.84. The Morgan fingerprint density at radius 3 is 2.50 bits per heavy atom. The molecule has 0 aliphatic carbocycles. The minimum atomic E-state index is 0.151. The van der Waals surface area contributed by atoms with Crippen LogP contribution in [0, 0.1) is 0 Å². The molecule has 2 N–H and O–H groups in total. The second-order valence-corrected chi connectivity index (χ2v) is 4.76. The van der Waals surface area contributed by atoms with Crippen LogP contribution in [0.1, 0.15) is 64.7 Å². The van der Waals surface area contributed by atoms with Crippen molar-refractivity contribution in [3.05, 3.63) is 11.8 Å². The molecular formula is C14H27NO. The van der Waals surface area contributed by atoms with E-state index in [1.807, 2.05) is 0 Å². The molecular weight excluding hydrogens is 198 g/mol. The number of hydrogen-bond acceptors (Lipinski definition) is 2. The van der Waals surface area contributed by atoms with E-state index in [0.29, 0.717) is 0 Å². The van der Waals surface area contributed by atoms with Gasteiger partial charge in [0.1, 0.15) is 5.76 Å². The number of hydrogen-bond donors (Lipinski definition) is 1. The van der Waals surface area contributed by atoms with E-state index in [2.05, 4.69) is 13.0 Å². The van der Waals surface area contributed by atoms with Gasteiger partial charge in [-0.2, -0.15) is 0 Å². The van der Waals surface area contributed by atoms with Gasteiger partial charge >= 0.3 is 0 Å². The highest BCUT2D eigenvalue weighted by Gasteiger charge is 2.13. The molecule has 0 saturated heterocycles. The lowest BCUT2D eigenvalue weighted by molar-refractivity contribution is 0.221. The van der Waals surface area contributed by atoms with Crippen molar-refractivity contribution in [2.45, 2.75) is 70.8 Å². The molecule has 0 amide bonds. The van der Waals surface area contributed by atoms with Crippen LogP contribution in [0.25, 0.3) is 0 Å². The maximum Gasteiger partial charge on any atom is 0.109 e. The first kappa shape index (κ1) is 13.6. The quantitative estimate of drug-likeness (QED) is 0.606. The Bertz CT molecular complexity index is 201. The fraction of sp³-hybridized carbons (Fsp3) is 0.857. The van der Waals surface area contributed by atoms with Gasteiger partial charge < -0.3 is 10.5 Å². The largest absolute Gasteiger partial charge is 0.496 e. The summed E-state index contributed by atoms with van der Waals surface area (Å²) >= 11 is 0. The molecule has 1 unspecified atom stereocenters. The van der Waals surface area contributed by atoms with Gasteiger partial charge in [0.05, 0.1) is 12.6 Å². The van der Waals surface area contributed by atoms with E-state index >= 15 is 0 Å². The van der Waals surface area contributed by atoms with E-state index in [1.54, 1.807) is 0 Å². The highest BCUT2D eigenvalue weighted by Crippen LogP contribution is 2.17. The van der Waals surface area contributed by atoms with Gasteiger partial charge in [-0.25, -0.2) is 0 Å². The lowest BCUT2D eigenvalue weighted by Crippen LogP contribution is -2.22. The maximum absolute atomic E-state index is 6.05. The van der Waals surface area contributed by atoms with Crippen molar-refractivity contribution in [3.63, 3.8) is 0 Å². The summed E-state index contributed by atoms with van der Waals surface area (Å²) in [4.78, 5) is 0. The molecule has 1 aliphatic rings. The standard InChI is InChI=1S/C14H27NO/c1-2-3-4-5-6-7-8-10-13(15)14-11-9-12-16-14/h11,13H,2-10,12,15H2,1H3. The van der Waals surface area contributed by atoms with Crippen LogP contribution in [0.15, 0.2) is 11.8 Å². The molecule has 1 rings (SSSR count). The number of ether oxygens (including phenoxy) is 1. The molecule has 0 aromatic rings. The maximum atomic E-state index is 6.05. The van der Waals surface area contributed by atoms with E-state index in [4.69, 9.17) is 10.5 Å². The summed E-state index contributed by atoms with van der Waals surface area (Å²) < 4.78 is 5.46. The molecule has 94 valence electrons. The Morgan fingerprint density at radius 1 is 1.19 bits per heavy atom. The summed E-state index contributed by atoms with van der Waals surface area (Å²) in [5, 5.41) is 0. The molecule has 0 aromatic carbocycles. The average molecular weight is 225 g/mol. The summed E-state index contributed by atoms with van der Waals surface area (Å²) in [5.74, 6) is 1.03. The topological polar surface area (TPSA) is 35.2 Å². The van der Waals surface area contributed by atoms with Crippen molar-refractivity contribution in [1.29, 1.82) is 0 Å². The van der Waals surface area contributed by atoms with Crippen molar-refractivity contribution in [3.8, 4) is 0 Å². The Labute approximate surface area is 100 Å². The fourth-order valence-corrected chi connectivity index (χ4v) is 2.16. The van der Waals surface area contributed by atoms with Crippen LogP contribution in [-0.4, -0.2) is 12.6 Å². The molecule has 0 spiro atoms. The van der Waals surface area contributed by atoms with Crippen LogP contribution in [-0.2, 0) is 4.74 Å². The molecule has 2 nitrogen and oxygen atoms in total. The summed E-state index contributed by atoms with van der Waals surface area (Å²) in [6.07, 6.45) is 13.7. The summed E-state index contributed by atoms with van der Waals surface area (Å²) in [7, 11) is 0. The second-order valence-electron chi connectivity index (χ2n) is 4.76. The minimum absolute atomic E-state index is 0.151. The molecule has 16 heavy (non-hydrogen) atoms. The third-order valence-electron chi connectivity index (χ3n) is 3.22. The van der Waals surface area contributed by atoms with E-state index in [0.717, 1.165) is 25.2 Å². The third-order valence-corrected chi connectivity index (χ3v) is 3.22. The van der Waals surface area contributed by atoms with Crippen molar-refractivity contribution >= 4 is 0 Å². The van der Waals surface area contributed by atoms with Crippen LogP contribution in [0.3, 0.4) is 0 Å². The molecule has 0 bridgehead atoms. The number of nitrogens with two attached hydrogens (primary N) is 1. The third kappa shape index (κ3) is 5.55. The van der Waals surface area contributed by atoms with E-state index in [-0.39, 0.29) is 6.04 Å². The zero-order valence-electron chi connectivity index (χ0n) is 10.7. The van der Waals surface area contributed by atoms with E-state index < -0.39 is 0 Å². The van der Waals surface area contributed by atoms with Crippen molar-refractivity contribution in [2.24, 2.45) is 5.73 Å². The zero-order chi connectivity index (χ0) is 11.6. The number of unbranched alkanes of at least 4 members (excludes halogenated alkanes) is 6. The van der Waals surface area contributed by atoms with Crippen molar-refractivity contribution < 1.29 is 4.74 Å². The van der Waals surface area contributed by atoms with Crippen molar-refractivity contribution in [1.82, 2.24) is 0 Å². The summed E-state index contributed by atoms with van der Waals surface area (Å²) in [6.45, 7) is 3.09. The molecule has 0 fully saturated rings. The predicted octanol–water partition coefficient (Wildman–Crippen LogP) is 3.76. The minimum Gasteiger partial charge on any atom is -0.496 e. The predicted molar refractivity (Wildman–Crippen MR) is 69.2 cm³/mol.